The molecule has 0 saturated heterocycles. The lowest BCUT2D eigenvalue weighted by molar-refractivity contribution is -0.117. The zero-order valence-corrected chi connectivity index (χ0v) is 27.8. The first-order valence-corrected chi connectivity index (χ1v) is 15.3. The number of amides is 3. The van der Waals surface area contributed by atoms with Crippen molar-refractivity contribution < 1.29 is 19.1 Å². The van der Waals surface area contributed by atoms with E-state index in [1.807, 2.05) is 32.0 Å². The van der Waals surface area contributed by atoms with E-state index in [9.17, 15) is 14.4 Å². The number of benzene rings is 2. The van der Waals surface area contributed by atoms with Crippen LogP contribution in [0.4, 0.5) is 22.0 Å². The molecule has 5 rings (SSSR count). The standard InChI is InChI=1S/C32H33ClN12O4/c1-19-13-29(44(2)3)41-27(37-19)10-12-31(47)40-24-15-22(38-32(48)49-4)7-8-23(24)25-16-34-28(39-25)17-35-30(46)11-5-20-14-21(33)6-9-26(20)45-18-36-42-43-45/h5-9,11,13-16,18H,10,12,17H2,1-4H3,(H,34,39)(H,35,46)(H,38,48)(H,40,47)/b11-5+. The predicted molar refractivity (Wildman–Crippen MR) is 183 cm³/mol. The van der Waals surface area contributed by atoms with Crippen LogP contribution in [0.2, 0.25) is 5.02 Å². The third-order valence-electron chi connectivity index (χ3n) is 6.98. The third kappa shape index (κ3) is 9.23. The number of tetrazole rings is 1. The molecule has 3 aromatic heterocycles. The maximum atomic E-state index is 13.1. The van der Waals surface area contributed by atoms with Gasteiger partial charge in [0.25, 0.3) is 0 Å². The Morgan fingerprint density at radius 3 is 2.65 bits per heavy atom. The highest BCUT2D eigenvalue weighted by Crippen LogP contribution is 2.30. The van der Waals surface area contributed by atoms with E-state index in [1.54, 1.807) is 48.7 Å². The number of imidazole rings is 1. The number of rotatable bonds is 12. The molecule has 3 heterocycles. The van der Waals surface area contributed by atoms with Crippen molar-refractivity contribution in [3.63, 3.8) is 0 Å². The van der Waals surface area contributed by atoms with E-state index in [1.165, 1.54) is 24.2 Å². The number of halogens is 1. The van der Waals surface area contributed by atoms with Crippen LogP contribution >= 0.6 is 11.6 Å². The van der Waals surface area contributed by atoms with Crippen molar-refractivity contribution in [3.05, 3.63) is 89.0 Å². The highest BCUT2D eigenvalue weighted by atomic mass is 35.5. The average Bonchev–Trinajstić information content (AvgIpc) is 3.78. The van der Waals surface area contributed by atoms with Gasteiger partial charge in [-0.05, 0) is 59.8 Å². The summed E-state index contributed by atoms with van der Waals surface area (Å²) in [5.74, 6) is 1.11. The van der Waals surface area contributed by atoms with E-state index in [-0.39, 0.29) is 24.8 Å². The second kappa shape index (κ2) is 15.6. The molecule has 2 aromatic carbocycles. The fourth-order valence-corrected chi connectivity index (χ4v) is 4.81. The number of aromatic nitrogens is 8. The number of anilines is 3. The number of hydrogen-bond acceptors (Lipinski definition) is 11. The minimum absolute atomic E-state index is 0.0909. The SMILES string of the molecule is COC(=O)Nc1ccc(-c2c[nH]c(CNC(=O)/C=C/c3cc(Cl)ccc3-n3cnnn3)n2)c(NC(=O)CCc2nc(C)cc(N(C)C)n2)c1. The Morgan fingerprint density at radius 1 is 1.06 bits per heavy atom. The van der Waals surface area contributed by atoms with Gasteiger partial charge in [-0.25, -0.2) is 19.7 Å². The topological polar surface area (TPSA) is 198 Å². The summed E-state index contributed by atoms with van der Waals surface area (Å²) in [6, 6.07) is 12.0. The number of aromatic amines is 1. The summed E-state index contributed by atoms with van der Waals surface area (Å²) in [7, 11) is 5.03. The summed E-state index contributed by atoms with van der Waals surface area (Å²) < 4.78 is 6.17. The zero-order valence-electron chi connectivity index (χ0n) is 27.1. The Labute approximate surface area is 286 Å². The molecule has 49 heavy (non-hydrogen) atoms. The molecule has 0 aliphatic carbocycles. The quantitative estimate of drug-likeness (QED) is 0.139. The highest BCUT2D eigenvalue weighted by molar-refractivity contribution is 6.30. The highest BCUT2D eigenvalue weighted by Gasteiger charge is 2.15. The first kappa shape index (κ1) is 34.2. The van der Waals surface area contributed by atoms with Crippen LogP contribution in [0.1, 0.15) is 29.3 Å². The summed E-state index contributed by atoms with van der Waals surface area (Å²) in [4.78, 5) is 56.2. The molecule has 0 unspecified atom stereocenters. The van der Waals surface area contributed by atoms with Gasteiger partial charge in [0.1, 0.15) is 23.8 Å². The van der Waals surface area contributed by atoms with Crippen molar-refractivity contribution in [1.82, 2.24) is 45.5 Å². The van der Waals surface area contributed by atoms with Crippen LogP contribution in [-0.2, 0) is 27.3 Å². The van der Waals surface area contributed by atoms with E-state index in [0.717, 1.165) is 11.5 Å². The second-order valence-corrected chi connectivity index (χ2v) is 11.3. The molecule has 0 radical (unpaired) electrons. The second-order valence-electron chi connectivity index (χ2n) is 10.8. The molecule has 16 nitrogen and oxygen atoms in total. The third-order valence-corrected chi connectivity index (χ3v) is 7.22. The van der Waals surface area contributed by atoms with E-state index < -0.39 is 6.09 Å². The Hall–Kier alpha value is -6.16. The summed E-state index contributed by atoms with van der Waals surface area (Å²) in [6.07, 6.45) is 5.85. The van der Waals surface area contributed by atoms with Gasteiger partial charge in [-0.2, -0.15) is 4.68 Å². The molecule has 5 aromatic rings. The Kier molecular flexibility index (Phi) is 10.9. The van der Waals surface area contributed by atoms with Gasteiger partial charge in [0.05, 0.1) is 30.7 Å². The molecule has 252 valence electrons. The van der Waals surface area contributed by atoms with Crippen LogP contribution in [-0.4, -0.2) is 79.3 Å². The van der Waals surface area contributed by atoms with E-state index in [4.69, 9.17) is 16.3 Å². The van der Waals surface area contributed by atoms with Crippen LogP contribution in [0.5, 0.6) is 0 Å². The van der Waals surface area contributed by atoms with Crippen molar-refractivity contribution in [2.24, 2.45) is 0 Å². The van der Waals surface area contributed by atoms with Gasteiger partial charge < -0.3 is 25.3 Å². The Morgan fingerprint density at radius 2 is 1.90 bits per heavy atom. The molecule has 0 atom stereocenters. The van der Waals surface area contributed by atoms with Crippen molar-refractivity contribution in [2.75, 3.05) is 36.7 Å². The van der Waals surface area contributed by atoms with Gasteiger partial charge in [0.15, 0.2) is 0 Å². The molecule has 17 heteroatoms. The largest absolute Gasteiger partial charge is 0.453 e. The minimum Gasteiger partial charge on any atom is -0.453 e. The van der Waals surface area contributed by atoms with Crippen LogP contribution < -0.4 is 20.9 Å². The zero-order chi connectivity index (χ0) is 34.9. The van der Waals surface area contributed by atoms with Gasteiger partial charge in [-0.3, -0.25) is 14.9 Å². The van der Waals surface area contributed by atoms with E-state index in [2.05, 4.69) is 51.4 Å². The number of nitrogens with one attached hydrogen (secondary N) is 4. The molecule has 0 spiro atoms. The van der Waals surface area contributed by atoms with Crippen molar-refractivity contribution in [2.45, 2.75) is 26.3 Å². The lowest BCUT2D eigenvalue weighted by Crippen LogP contribution is -2.21. The molecule has 0 saturated carbocycles. The number of nitrogens with zero attached hydrogens (tertiary/aromatic N) is 8. The van der Waals surface area contributed by atoms with Crippen LogP contribution in [0.25, 0.3) is 23.0 Å². The van der Waals surface area contributed by atoms with E-state index in [0.29, 0.717) is 57.0 Å². The maximum absolute atomic E-state index is 13.1. The number of carbonyl (C=O) groups excluding carboxylic acids is 3. The Balaban J connectivity index is 1.27. The van der Waals surface area contributed by atoms with Crippen molar-refractivity contribution >= 4 is 52.8 Å². The molecular formula is C32H33ClN12O4. The smallest absolute Gasteiger partial charge is 0.411 e. The maximum Gasteiger partial charge on any atom is 0.411 e. The lowest BCUT2D eigenvalue weighted by atomic mass is 10.1. The number of H-pyrrole nitrogens is 1. The van der Waals surface area contributed by atoms with Crippen LogP contribution in [0, 0.1) is 6.92 Å². The normalized spacial score (nSPS) is 11.0. The van der Waals surface area contributed by atoms with Gasteiger partial charge in [0, 0.05) is 72.8 Å². The number of ether oxygens (including phenoxy) is 1. The van der Waals surface area contributed by atoms with E-state index >= 15 is 0 Å². The first-order chi connectivity index (χ1) is 23.6. The molecule has 0 fully saturated rings. The molecule has 3 amide bonds. The van der Waals surface area contributed by atoms with Crippen molar-refractivity contribution in [1.29, 1.82) is 0 Å². The summed E-state index contributed by atoms with van der Waals surface area (Å²) in [5, 5.41) is 20.0. The van der Waals surface area contributed by atoms with Crippen molar-refractivity contribution in [3.8, 4) is 16.9 Å². The summed E-state index contributed by atoms with van der Waals surface area (Å²) in [6.45, 7) is 1.97. The fraction of sp³-hybridized carbons (Fsp3) is 0.219. The fourth-order valence-electron chi connectivity index (χ4n) is 4.63. The first-order valence-electron chi connectivity index (χ1n) is 14.9. The summed E-state index contributed by atoms with van der Waals surface area (Å²) in [5.41, 5.74) is 3.98. The number of aryl methyl sites for hydroxylation is 2. The predicted octanol–water partition coefficient (Wildman–Crippen LogP) is 3.95. The van der Waals surface area contributed by atoms with Crippen LogP contribution in [0.15, 0.2) is 61.1 Å². The minimum atomic E-state index is -0.660. The monoisotopic (exact) mass is 684 g/mol. The van der Waals surface area contributed by atoms with Gasteiger partial charge in [-0.15, -0.1) is 5.10 Å². The Bertz CT molecular complexity index is 1990. The number of hydrogen-bond donors (Lipinski definition) is 4. The number of carbonyl (C=O) groups is 3. The molecule has 0 aliphatic rings. The molecule has 0 aliphatic heterocycles. The molecule has 0 bridgehead atoms. The van der Waals surface area contributed by atoms with Gasteiger partial charge in [0.2, 0.25) is 11.8 Å². The molecular weight excluding hydrogens is 652 g/mol. The average molecular weight is 685 g/mol. The van der Waals surface area contributed by atoms with Gasteiger partial charge >= 0.3 is 6.09 Å². The molecule has 4 N–H and O–H groups in total. The van der Waals surface area contributed by atoms with Gasteiger partial charge in [-0.1, -0.05) is 11.6 Å². The lowest BCUT2D eigenvalue weighted by Gasteiger charge is -2.14. The number of methoxy groups -OCH3 is 1. The summed E-state index contributed by atoms with van der Waals surface area (Å²) >= 11 is 6.16. The van der Waals surface area contributed by atoms with Crippen LogP contribution in [0.3, 0.4) is 0 Å².